The number of para-hydroxylation sites is 1. The lowest BCUT2D eigenvalue weighted by molar-refractivity contribution is 0.111. The number of nitrogens with zero attached hydrogens (tertiary/aromatic N) is 1. The summed E-state index contributed by atoms with van der Waals surface area (Å²) in [4.78, 5) is 10.9. The van der Waals surface area contributed by atoms with Gasteiger partial charge >= 0.3 is 0 Å². The molecule has 90 valence electrons. The molecule has 0 aromatic heterocycles. The van der Waals surface area contributed by atoms with Gasteiger partial charge in [0.15, 0.2) is 17.8 Å². The Morgan fingerprint density at radius 3 is 2.88 bits per heavy atom. The van der Waals surface area contributed by atoms with Crippen LogP contribution in [0.2, 0.25) is 0 Å². The topological polar surface area (TPSA) is 59.3 Å². The molecule has 0 unspecified atom stereocenters. The summed E-state index contributed by atoms with van der Waals surface area (Å²) in [7, 11) is 0. The molecule has 0 saturated carbocycles. The molecule has 0 aliphatic carbocycles. The quantitative estimate of drug-likeness (QED) is 0.536. The molecule has 0 fully saturated rings. The van der Waals surface area contributed by atoms with Crippen molar-refractivity contribution in [2.75, 3.05) is 13.2 Å². The van der Waals surface area contributed by atoms with E-state index in [1.807, 2.05) is 13.0 Å². The second-order valence-electron chi connectivity index (χ2n) is 3.34. The van der Waals surface area contributed by atoms with E-state index in [2.05, 4.69) is 0 Å². The minimum atomic E-state index is 0.401. The number of unbranched alkanes of at least 4 members (excludes halogenated alkanes) is 1. The van der Waals surface area contributed by atoms with Crippen molar-refractivity contribution in [3.05, 3.63) is 23.8 Å². The average Bonchev–Trinajstić information content (AvgIpc) is 2.36. The SMILES string of the molecule is CCOc1cccc(C=O)c1OCCCC#N. The Bertz CT molecular complexity index is 410. The Balaban J connectivity index is 2.78. The number of hydrogen-bond donors (Lipinski definition) is 0. The molecule has 0 radical (unpaired) electrons. The fourth-order valence-electron chi connectivity index (χ4n) is 1.37. The predicted molar refractivity (Wildman–Crippen MR) is 63.3 cm³/mol. The van der Waals surface area contributed by atoms with Crippen LogP contribution in [0.25, 0.3) is 0 Å². The van der Waals surface area contributed by atoms with Gasteiger partial charge in [0.2, 0.25) is 0 Å². The van der Waals surface area contributed by atoms with Crippen LogP contribution < -0.4 is 9.47 Å². The predicted octanol–water partition coefficient (Wildman–Crippen LogP) is 2.58. The van der Waals surface area contributed by atoms with Crippen molar-refractivity contribution < 1.29 is 14.3 Å². The van der Waals surface area contributed by atoms with Crippen molar-refractivity contribution in [3.63, 3.8) is 0 Å². The summed E-state index contributed by atoms with van der Waals surface area (Å²) < 4.78 is 10.9. The summed E-state index contributed by atoms with van der Waals surface area (Å²) in [6.45, 7) is 2.78. The second-order valence-corrected chi connectivity index (χ2v) is 3.34. The summed E-state index contributed by atoms with van der Waals surface area (Å²) in [5.41, 5.74) is 0.466. The van der Waals surface area contributed by atoms with Crippen LogP contribution in [0.4, 0.5) is 0 Å². The third-order valence-electron chi connectivity index (χ3n) is 2.12. The van der Waals surface area contributed by atoms with Gasteiger partial charge in [0.05, 0.1) is 24.8 Å². The number of aldehydes is 1. The van der Waals surface area contributed by atoms with E-state index < -0.39 is 0 Å². The van der Waals surface area contributed by atoms with Gasteiger partial charge in [-0.2, -0.15) is 5.26 Å². The second kappa shape index (κ2) is 7.29. The van der Waals surface area contributed by atoms with E-state index in [-0.39, 0.29) is 0 Å². The van der Waals surface area contributed by atoms with E-state index in [1.54, 1.807) is 18.2 Å². The number of hydrogen-bond acceptors (Lipinski definition) is 4. The Hall–Kier alpha value is -2.02. The minimum Gasteiger partial charge on any atom is -0.490 e. The molecular weight excluding hydrogens is 218 g/mol. The highest BCUT2D eigenvalue weighted by Gasteiger charge is 2.10. The molecule has 1 rings (SSSR count). The number of rotatable bonds is 7. The van der Waals surface area contributed by atoms with Crippen LogP contribution in [0.15, 0.2) is 18.2 Å². The van der Waals surface area contributed by atoms with E-state index in [9.17, 15) is 4.79 Å². The summed E-state index contributed by atoms with van der Waals surface area (Å²) in [6, 6.07) is 7.22. The van der Waals surface area contributed by atoms with Crippen molar-refractivity contribution in [2.45, 2.75) is 19.8 Å². The monoisotopic (exact) mass is 233 g/mol. The average molecular weight is 233 g/mol. The van der Waals surface area contributed by atoms with Crippen LogP contribution in [0.5, 0.6) is 11.5 Å². The third kappa shape index (κ3) is 3.80. The molecule has 0 saturated heterocycles. The fraction of sp³-hybridized carbons (Fsp3) is 0.385. The summed E-state index contributed by atoms with van der Waals surface area (Å²) in [5.74, 6) is 1.02. The third-order valence-corrected chi connectivity index (χ3v) is 2.12. The number of ether oxygens (including phenoxy) is 2. The number of carbonyl (C=O) groups is 1. The summed E-state index contributed by atoms with van der Waals surface area (Å²) >= 11 is 0. The Morgan fingerprint density at radius 2 is 2.24 bits per heavy atom. The maximum Gasteiger partial charge on any atom is 0.171 e. The van der Waals surface area contributed by atoms with Crippen LogP contribution in [0, 0.1) is 11.3 Å². The highest BCUT2D eigenvalue weighted by atomic mass is 16.5. The van der Waals surface area contributed by atoms with Gasteiger partial charge in [-0.1, -0.05) is 6.07 Å². The standard InChI is InChI=1S/C13H15NO3/c1-2-16-12-7-5-6-11(10-15)13(12)17-9-4-3-8-14/h5-7,10H,2-4,9H2,1H3. The number of carbonyl (C=O) groups excluding carboxylic acids is 1. The van der Waals surface area contributed by atoms with Crippen molar-refractivity contribution in [1.29, 1.82) is 5.26 Å². The van der Waals surface area contributed by atoms with E-state index in [0.29, 0.717) is 43.1 Å². The van der Waals surface area contributed by atoms with Crippen LogP contribution in [0.1, 0.15) is 30.1 Å². The first-order valence-electron chi connectivity index (χ1n) is 5.54. The highest BCUT2D eigenvalue weighted by molar-refractivity contribution is 5.81. The molecule has 0 spiro atoms. The normalized spacial score (nSPS) is 9.41. The molecule has 0 aliphatic rings. The molecule has 0 aliphatic heterocycles. The number of benzene rings is 1. The molecule has 0 amide bonds. The Labute approximate surface area is 101 Å². The van der Waals surface area contributed by atoms with Gasteiger partial charge in [-0.15, -0.1) is 0 Å². The zero-order valence-corrected chi connectivity index (χ0v) is 9.81. The van der Waals surface area contributed by atoms with E-state index >= 15 is 0 Å². The van der Waals surface area contributed by atoms with Gasteiger partial charge in [0.25, 0.3) is 0 Å². The smallest absolute Gasteiger partial charge is 0.171 e. The molecule has 17 heavy (non-hydrogen) atoms. The van der Waals surface area contributed by atoms with E-state index in [0.717, 1.165) is 6.29 Å². The van der Waals surface area contributed by atoms with E-state index in [1.165, 1.54) is 0 Å². The zero-order valence-electron chi connectivity index (χ0n) is 9.81. The molecule has 0 bridgehead atoms. The summed E-state index contributed by atoms with van der Waals surface area (Å²) in [6.07, 6.45) is 1.81. The number of nitriles is 1. The molecule has 1 aromatic rings. The van der Waals surface area contributed by atoms with Gasteiger partial charge < -0.3 is 9.47 Å². The zero-order chi connectivity index (χ0) is 12.5. The minimum absolute atomic E-state index is 0.401. The first-order valence-corrected chi connectivity index (χ1v) is 5.54. The molecule has 4 heteroatoms. The van der Waals surface area contributed by atoms with Crippen molar-refractivity contribution in [3.8, 4) is 17.6 Å². The largest absolute Gasteiger partial charge is 0.490 e. The van der Waals surface area contributed by atoms with Crippen molar-refractivity contribution >= 4 is 6.29 Å². The lowest BCUT2D eigenvalue weighted by Gasteiger charge is -2.12. The molecular formula is C13H15NO3. The van der Waals surface area contributed by atoms with Crippen molar-refractivity contribution in [2.24, 2.45) is 0 Å². The maximum absolute atomic E-state index is 10.9. The molecule has 0 heterocycles. The van der Waals surface area contributed by atoms with Gasteiger partial charge in [-0.25, -0.2) is 0 Å². The van der Waals surface area contributed by atoms with Gasteiger partial charge in [0.1, 0.15) is 0 Å². The fourth-order valence-corrected chi connectivity index (χ4v) is 1.37. The lowest BCUT2D eigenvalue weighted by atomic mass is 10.2. The van der Waals surface area contributed by atoms with Gasteiger partial charge in [0, 0.05) is 6.42 Å². The van der Waals surface area contributed by atoms with Crippen LogP contribution >= 0.6 is 0 Å². The molecule has 1 aromatic carbocycles. The molecule has 0 N–H and O–H groups in total. The lowest BCUT2D eigenvalue weighted by Crippen LogP contribution is -2.03. The Kier molecular flexibility index (Phi) is 5.59. The van der Waals surface area contributed by atoms with E-state index in [4.69, 9.17) is 14.7 Å². The van der Waals surface area contributed by atoms with Crippen molar-refractivity contribution in [1.82, 2.24) is 0 Å². The van der Waals surface area contributed by atoms with Crippen LogP contribution in [0.3, 0.4) is 0 Å². The first-order chi connectivity index (χ1) is 8.33. The van der Waals surface area contributed by atoms with Gasteiger partial charge in [-0.3, -0.25) is 4.79 Å². The molecule has 0 atom stereocenters. The maximum atomic E-state index is 10.9. The van der Waals surface area contributed by atoms with Crippen LogP contribution in [-0.4, -0.2) is 19.5 Å². The molecule has 4 nitrogen and oxygen atoms in total. The highest BCUT2D eigenvalue weighted by Crippen LogP contribution is 2.30. The Morgan fingerprint density at radius 1 is 1.41 bits per heavy atom. The van der Waals surface area contributed by atoms with Gasteiger partial charge in [-0.05, 0) is 25.5 Å². The summed E-state index contributed by atoms with van der Waals surface area (Å²) in [5, 5.41) is 8.42. The van der Waals surface area contributed by atoms with Crippen LogP contribution in [-0.2, 0) is 0 Å². The first kappa shape index (κ1) is 13.0.